The van der Waals surface area contributed by atoms with E-state index in [-0.39, 0.29) is 5.25 Å². The van der Waals surface area contributed by atoms with Crippen LogP contribution in [0, 0.1) is 0 Å². The van der Waals surface area contributed by atoms with Crippen LogP contribution in [-0.4, -0.2) is 31.7 Å². The summed E-state index contributed by atoms with van der Waals surface area (Å²) < 4.78 is 26.7. The van der Waals surface area contributed by atoms with E-state index in [4.69, 9.17) is 28.2 Å². The van der Waals surface area contributed by atoms with Crippen molar-refractivity contribution in [1.29, 1.82) is 0 Å². The molecule has 0 aliphatic carbocycles. The summed E-state index contributed by atoms with van der Waals surface area (Å²) in [5, 5.41) is 3.82. The third-order valence-electron chi connectivity index (χ3n) is 5.12. The smallest absolute Gasteiger partial charge is 0.185 e. The van der Waals surface area contributed by atoms with Crippen molar-refractivity contribution in [3.63, 3.8) is 0 Å². The van der Waals surface area contributed by atoms with E-state index in [1.54, 1.807) is 35.6 Å². The number of nitrogens with zero attached hydrogens (tertiary/aromatic N) is 2. The predicted molar refractivity (Wildman–Crippen MR) is 128 cm³/mol. The van der Waals surface area contributed by atoms with Gasteiger partial charge in [-0.25, -0.2) is 13.4 Å². The van der Waals surface area contributed by atoms with Gasteiger partial charge in [-0.05, 0) is 54.8 Å². The number of piperidine rings is 1. The highest BCUT2D eigenvalue weighted by molar-refractivity contribution is 9.10. The molecule has 1 saturated heterocycles. The summed E-state index contributed by atoms with van der Waals surface area (Å²) in [6, 6.07) is 12.4. The van der Waals surface area contributed by atoms with Crippen LogP contribution in [0.3, 0.4) is 0 Å². The van der Waals surface area contributed by atoms with E-state index in [1.807, 2.05) is 23.6 Å². The molecule has 0 unspecified atom stereocenters. The second-order valence-electron chi connectivity index (χ2n) is 7.26. The summed E-state index contributed by atoms with van der Waals surface area (Å²) in [5.41, 5.74) is 1.97. The molecule has 3 aromatic rings. The number of hydrogen-bond acceptors (Lipinski definition) is 5. The van der Waals surface area contributed by atoms with Gasteiger partial charge in [-0.3, -0.25) is 0 Å². The van der Waals surface area contributed by atoms with Crippen LogP contribution in [0.25, 0.3) is 0 Å². The van der Waals surface area contributed by atoms with Crippen LogP contribution >= 0.6 is 50.5 Å². The third-order valence-corrected chi connectivity index (χ3v) is 9.26. The van der Waals surface area contributed by atoms with E-state index < -0.39 is 9.84 Å². The van der Waals surface area contributed by atoms with E-state index in [2.05, 4.69) is 20.8 Å². The highest BCUT2D eigenvalue weighted by Gasteiger charge is 2.32. The minimum atomic E-state index is -3.33. The summed E-state index contributed by atoms with van der Waals surface area (Å²) in [6.07, 6.45) is 1.84. The zero-order chi connectivity index (χ0) is 21.3. The van der Waals surface area contributed by atoms with Gasteiger partial charge in [0.25, 0.3) is 0 Å². The summed E-state index contributed by atoms with van der Waals surface area (Å²) in [7, 11) is -3.33. The molecule has 1 fully saturated rings. The molecule has 1 aliphatic heterocycles. The molecule has 30 heavy (non-hydrogen) atoms. The second-order valence-corrected chi connectivity index (χ2v) is 12.1. The Morgan fingerprint density at radius 3 is 2.47 bits per heavy atom. The van der Waals surface area contributed by atoms with Crippen molar-refractivity contribution in [2.24, 2.45) is 0 Å². The molecule has 0 amide bonds. The van der Waals surface area contributed by atoms with E-state index in [1.165, 1.54) is 0 Å². The maximum atomic E-state index is 13.0. The second kappa shape index (κ2) is 9.17. The highest BCUT2D eigenvalue weighted by Crippen LogP contribution is 2.30. The van der Waals surface area contributed by atoms with Crippen molar-refractivity contribution in [2.75, 3.05) is 18.0 Å². The summed E-state index contributed by atoms with van der Waals surface area (Å²) in [5.74, 6) is 0. The van der Waals surface area contributed by atoms with Gasteiger partial charge >= 0.3 is 0 Å². The molecule has 0 saturated carbocycles. The van der Waals surface area contributed by atoms with Crippen LogP contribution in [0.15, 0.2) is 57.2 Å². The number of benzene rings is 2. The van der Waals surface area contributed by atoms with Gasteiger partial charge in [0, 0.05) is 39.4 Å². The first-order valence-electron chi connectivity index (χ1n) is 9.45. The van der Waals surface area contributed by atoms with Gasteiger partial charge in [0.15, 0.2) is 15.0 Å². The number of sulfone groups is 1. The molecule has 0 bridgehead atoms. The maximum absolute atomic E-state index is 13.0. The third kappa shape index (κ3) is 5.02. The van der Waals surface area contributed by atoms with Gasteiger partial charge in [-0.1, -0.05) is 45.2 Å². The van der Waals surface area contributed by atoms with E-state index in [0.29, 0.717) is 47.3 Å². The molecular formula is C21H19BrCl2N2O2S2. The van der Waals surface area contributed by atoms with Crippen molar-refractivity contribution in [2.45, 2.75) is 29.4 Å². The molecule has 0 N–H and O–H groups in total. The van der Waals surface area contributed by atoms with Crippen molar-refractivity contribution in [1.82, 2.24) is 4.98 Å². The van der Waals surface area contributed by atoms with Gasteiger partial charge < -0.3 is 4.90 Å². The minimum absolute atomic E-state index is 0.365. The fourth-order valence-corrected chi connectivity index (χ4v) is 7.42. The predicted octanol–water partition coefficient (Wildman–Crippen LogP) is 6.25. The Morgan fingerprint density at radius 1 is 1.10 bits per heavy atom. The molecule has 1 aromatic heterocycles. The number of thiazole rings is 1. The Kier molecular flexibility index (Phi) is 6.75. The van der Waals surface area contributed by atoms with Crippen LogP contribution in [0.5, 0.6) is 0 Å². The van der Waals surface area contributed by atoms with Crippen molar-refractivity contribution in [3.05, 3.63) is 73.6 Å². The molecule has 0 radical (unpaired) electrons. The first-order valence-corrected chi connectivity index (χ1v) is 13.4. The molecular weight excluding hydrogens is 527 g/mol. The monoisotopic (exact) mass is 544 g/mol. The van der Waals surface area contributed by atoms with Gasteiger partial charge in [0.05, 0.1) is 15.8 Å². The highest BCUT2D eigenvalue weighted by atomic mass is 79.9. The molecule has 2 heterocycles. The van der Waals surface area contributed by atoms with Crippen molar-refractivity contribution in [3.8, 4) is 0 Å². The Bertz CT molecular complexity index is 1140. The molecule has 4 rings (SSSR count). The SMILES string of the molecule is O=S(=O)(c1cccc(Br)c1)C1CCN(c2nc(Cc3cc(Cl)cc(Cl)c3)cs2)CC1. The van der Waals surface area contributed by atoms with Crippen molar-refractivity contribution < 1.29 is 8.42 Å². The first-order chi connectivity index (χ1) is 14.3. The zero-order valence-corrected chi connectivity index (χ0v) is 20.6. The van der Waals surface area contributed by atoms with Gasteiger partial charge in [-0.2, -0.15) is 0 Å². The van der Waals surface area contributed by atoms with E-state index in [0.717, 1.165) is 20.9 Å². The van der Waals surface area contributed by atoms with Crippen LogP contribution in [-0.2, 0) is 16.3 Å². The lowest BCUT2D eigenvalue weighted by Gasteiger charge is -2.31. The topological polar surface area (TPSA) is 50.3 Å². The quantitative estimate of drug-likeness (QED) is 0.380. The zero-order valence-electron chi connectivity index (χ0n) is 15.9. The number of halogens is 3. The fraction of sp³-hybridized carbons (Fsp3) is 0.286. The Hall–Kier alpha value is -1.12. The summed E-state index contributed by atoms with van der Waals surface area (Å²) in [6.45, 7) is 1.35. The number of aromatic nitrogens is 1. The average molecular weight is 546 g/mol. The lowest BCUT2D eigenvalue weighted by Crippen LogP contribution is -2.39. The van der Waals surface area contributed by atoms with E-state index >= 15 is 0 Å². The van der Waals surface area contributed by atoms with Crippen LogP contribution in [0.2, 0.25) is 10.0 Å². The van der Waals surface area contributed by atoms with Gasteiger partial charge in [-0.15, -0.1) is 11.3 Å². The summed E-state index contributed by atoms with van der Waals surface area (Å²) in [4.78, 5) is 7.30. The van der Waals surface area contributed by atoms with Crippen LogP contribution < -0.4 is 4.90 Å². The Morgan fingerprint density at radius 2 is 1.80 bits per heavy atom. The molecule has 0 atom stereocenters. The lowest BCUT2D eigenvalue weighted by atomic mass is 10.1. The standard InChI is InChI=1S/C21H19BrCl2N2O2S2/c22-15-2-1-3-20(11-15)30(27,28)19-4-6-26(7-5-19)21-25-18(13-29-21)10-14-8-16(23)12-17(24)9-14/h1-3,8-9,11-13,19H,4-7,10H2. The van der Waals surface area contributed by atoms with Gasteiger partial charge in [0.2, 0.25) is 0 Å². The van der Waals surface area contributed by atoms with E-state index in [9.17, 15) is 8.42 Å². The molecule has 1 aliphatic rings. The average Bonchev–Trinajstić information content (AvgIpc) is 3.16. The normalized spacial score (nSPS) is 15.5. The number of rotatable bonds is 5. The molecule has 0 spiro atoms. The number of hydrogen-bond donors (Lipinski definition) is 0. The minimum Gasteiger partial charge on any atom is -0.348 e. The number of anilines is 1. The summed E-state index contributed by atoms with van der Waals surface area (Å²) >= 11 is 17.1. The molecule has 4 nitrogen and oxygen atoms in total. The molecule has 9 heteroatoms. The van der Waals surface area contributed by atoms with Crippen LogP contribution in [0.4, 0.5) is 5.13 Å². The fourth-order valence-electron chi connectivity index (χ4n) is 3.64. The Balaban J connectivity index is 1.41. The Labute approximate surface area is 198 Å². The molecule has 158 valence electrons. The molecule has 2 aromatic carbocycles. The van der Waals surface area contributed by atoms with Crippen LogP contribution in [0.1, 0.15) is 24.1 Å². The first kappa shape index (κ1) is 22.1. The largest absolute Gasteiger partial charge is 0.348 e. The maximum Gasteiger partial charge on any atom is 0.185 e. The lowest BCUT2D eigenvalue weighted by molar-refractivity contribution is 0.529. The van der Waals surface area contributed by atoms with Gasteiger partial charge in [0.1, 0.15) is 0 Å². The van der Waals surface area contributed by atoms with Crippen molar-refractivity contribution >= 4 is 65.4 Å².